The van der Waals surface area contributed by atoms with Gasteiger partial charge in [0.15, 0.2) is 0 Å². The quantitative estimate of drug-likeness (QED) is 0.770. The van der Waals surface area contributed by atoms with Crippen molar-refractivity contribution in [3.63, 3.8) is 0 Å². The Bertz CT molecular complexity index is 456. The lowest BCUT2D eigenvalue weighted by atomic mass is 9.95. The molecule has 0 heterocycles. The Morgan fingerprint density at radius 3 is 2.62 bits per heavy atom. The van der Waals surface area contributed by atoms with E-state index in [0.29, 0.717) is 12.0 Å². The van der Waals surface area contributed by atoms with Crippen molar-refractivity contribution in [3.05, 3.63) is 29.8 Å². The molecule has 2 unspecified atom stereocenters. The molecule has 0 aromatic heterocycles. The lowest BCUT2D eigenvalue weighted by Gasteiger charge is -2.32. The highest BCUT2D eigenvalue weighted by Crippen LogP contribution is 2.26. The summed E-state index contributed by atoms with van der Waals surface area (Å²) < 4.78 is 6.05. The van der Waals surface area contributed by atoms with Crippen LogP contribution < -0.4 is 10.1 Å². The summed E-state index contributed by atoms with van der Waals surface area (Å²) in [5.41, 5.74) is 1.04. The van der Waals surface area contributed by atoms with E-state index in [4.69, 9.17) is 4.74 Å². The highest BCUT2D eigenvalue weighted by atomic mass is 16.5. The summed E-state index contributed by atoms with van der Waals surface area (Å²) in [5.74, 6) is 1.42. The van der Waals surface area contributed by atoms with Gasteiger partial charge in [0.25, 0.3) is 0 Å². The third-order valence-electron chi connectivity index (χ3n) is 4.08. The second-order valence-corrected chi connectivity index (χ2v) is 7.00. The first kappa shape index (κ1) is 16.3. The van der Waals surface area contributed by atoms with Crippen molar-refractivity contribution in [1.29, 1.82) is 0 Å². The molecule has 0 bridgehead atoms. The summed E-state index contributed by atoms with van der Waals surface area (Å²) in [7, 11) is 0. The van der Waals surface area contributed by atoms with Crippen LogP contribution in [0.3, 0.4) is 0 Å². The van der Waals surface area contributed by atoms with E-state index in [9.17, 15) is 5.11 Å². The first-order chi connectivity index (χ1) is 9.92. The van der Waals surface area contributed by atoms with Crippen LogP contribution in [0.2, 0.25) is 0 Å². The van der Waals surface area contributed by atoms with Crippen LogP contribution in [-0.2, 0) is 0 Å². The van der Waals surface area contributed by atoms with E-state index in [1.807, 2.05) is 12.1 Å². The molecule has 1 aliphatic carbocycles. The van der Waals surface area contributed by atoms with Crippen LogP contribution in [0.5, 0.6) is 5.75 Å². The third-order valence-corrected chi connectivity index (χ3v) is 4.08. The molecule has 3 nitrogen and oxygen atoms in total. The van der Waals surface area contributed by atoms with Gasteiger partial charge in [0.05, 0.1) is 12.7 Å². The molecule has 1 aromatic carbocycles. The molecule has 2 rings (SSSR count). The minimum atomic E-state index is -0.254. The molecule has 1 fully saturated rings. The van der Waals surface area contributed by atoms with Crippen molar-refractivity contribution in [2.24, 2.45) is 0 Å². The van der Waals surface area contributed by atoms with Gasteiger partial charge in [0.1, 0.15) is 5.75 Å². The molecule has 3 heteroatoms. The molecule has 0 amide bonds. The van der Waals surface area contributed by atoms with Crippen LogP contribution in [0.15, 0.2) is 24.3 Å². The van der Waals surface area contributed by atoms with Crippen LogP contribution in [-0.4, -0.2) is 29.4 Å². The van der Waals surface area contributed by atoms with Gasteiger partial charge in [-0.05, 0) is 50.3 Å². The number of nitrogens with one attached hydrogen (secondary N) is 1. The highest BCUT2D eigenvalue weighted by Gasteiger charge is 2.33. The van der Waals surface area contributed by atoms with E-state index in [1.54, 1.807) is 0 Å². The van der Waals surface area contributed by atoms with Gasteiger partial charge in [-0.25, -0.2) is 0 Å². The van der Waals surface area contributed by atoms with E-state index in [1.165, 1.54) is 18.4 Å². The molecule has 0 aliphatic heterocycles. The Kier molecular flexibility index (Phi) is 5.28. The van der Waals surface area contributed by atoms with Crippen molar-refractivity contribution < 1.29 is 9.84 Å². The smallest absolute Gasteiger partial charge is 0.119 e. The lowest BCUT2D eigenvalue weighted by molar-refractivity contribution is 0.108. The second kappa shape index (κ2) is 6.80. The molecular weight excluding hydrogens is 262 g/mol. The molecule has 1 aromatic rings. The van der Waals surface area contributed by atoms with Gasteiger partial charge >= 0.3 is 0 Å². The summed E-state index contributed by atoms with van der Waals surface area (Å²) in [4.78, 5) is 0. The number of hydrogen-bond acceptors (Lipinski definition) is 3. The fraction of sp³-hybridized carbons (Fsp3) is 0.667. The zero-order valence-corrected chi connectivity index (χ0v) is 13.7. The summed E-state index contributed by atoms with van der Waals surface area (Å²) in [5, 5.41) is 13.2. The second-order valence-electron chi connectivity index (χ2n) is 7.00. The predicted octanol–water partition coefficient (Wildman–Crippen LogP) is 3.47. The molecule has 118 valence electrons. The molecule has 2 N–H and O–H groups in total. The minimum Gasteiger partial charge on any atom is -0.491 e. The van der Waals surface area contributed by atoms with E-state index in [-0.39, 0.29) is 18.2 Å². The van der Waals surface area contributed by atoms with Gasteiger partial charge in [-0.2, -0.15) is 0 Å². The van der Waals surface area contributed by atoms with Crippen LogP contribution in [0.25, 0.3) is 0 Å². The Labute approximate surface area is 128 Å². The van der Waals surface area contributed by atoms with E-state index >= 15 is 0 Å². The number of rotatable bonds is 8. The Morgan fingerprint density at radius 2 is 2.05 bits per heavy atom. The summed E-state index contributed by atoms with van der Waals surface area (Å²) >= 11 is 0. The molecule has 0 spiro atoms. The first-order valence-electron chi connectivity index (χ1n) is 8.07. The van der Waals surface area contributed by atoms with Crippen molar-refractivity contribution in [3.8, 4) is 5.75 Å². The number of benzene rings is 1. The first-order valence-corrected chi connectivity index (χ1v) is 8.07. The van der Waals surface area contributed by atoms with Gasteiger partial charge in [-0.1, -0.05) is 26.0 Å². The topological polar surface area (TPSA) is 41.5 Å². The number of aliphatic hydroxyl groups excluding tert-OH is 1. The third kappa shape index (κ3) is 5.01. The van der Waals surface area contributed by atoms with Gasteiger partial charge in [-0.3, -0.25) is 0 Å². The number of ether oxygens (including phenoxy) is 1. The van der Waals surface area contributed by atoms with Gasteiger partial charge in [-0.15, -0.1) is 0 Å². The van der Waals surface area contributed by atoms with Crippen LogP contribution in [0.4, 0.5) is 0 Å². The summed E-state index contributed by atoms with van der Waals surface area (Å²) in [6.45, 7) is 8.67. The summed E-state index contributed by atoms with van der Waals surface area (Å²) in [6, 6.07) is 8.89. The Balaban J connectivity index is 1.93. The maximum atomic E-state index is 9.68. The van der Waals surface area contributed by atoms with Crippen LogP contribution in [0.1, 0.15) is 58.4 Å². The molecular formula is C18H29NO2. The SMILES string of the molecule is CC(CC(C)(CO)NC1CC1)Oc1cccc(C(C)C)c1. The van der Waals surface area contributed by atoms with Crippen molar-refractivity contribution in [1.82, 2.24) is 5.32 Å². The van der Waals surface area contributed by atoms with Crippen LogP contribution >= 0.6 is 0 Å². The van der Waals surface area contributed by atoms with Crippen molar-refractivity contribution >= 4 is 0 Å². The highest BCUT2D eigenvalue weighted by molar-refractivity contribution is 5.30. The molecule has 1 aliphatic rings. The Hall–Kier alpha value is -1.06. The van der Waals surface area contributed by atoms with Crippen LogP contribution in [0, 0.1) is 0 Å². The summed E-state index contributed by atoms with van der Waals surface area (Å²) in [6.07, 6.45) is 3.31. The zero-order chi connectivity index (χ0) is 15.5. The minimum absolute atomic E-state index is 0.0656. The predicted molar refractivity (Wildman–Crippen MR) is 86.9 cm³/mol. The molecule has 0 radical (unpaired) electrons. The average molecular weight is 291 g/mol. The lowest BCUT2D eigenvalue weighted by Crippen LogP contribution is -2.49. The fourth-order valence-corrected chi connectivity index (χ4v) is 2.74. The van der Waals surface area contributed by atoms with Gasteiger partial charge < -0.3 is 15.2 Å². The fourth-order valence-electron chi connectivity index (χ4n) is 2.74. The van der Waals surface area contributed by atoms with E-state index in [0.717, 1.165) is 12.2 Å². The maximum absolute atomic E-state index is 9.68. The van der Waals surface area contributed by atoms with Gasteiger partial charge in [0.2, 0.25) is 0 Å². The van der Waals surface area contributed by atoms with E-state index in [2.05, 4.69) is 45.1 Å². The number of aliphatic hydroxyl groups is 1. The largest absolute Gasteiger partial charge is 0.491 e. The number of hydrogen-bond donors (Lipinski definition) is 2. The molecule has 0 saturated heterocycles. The van der Waals surface area contributed by atoms with E-state index < -0.39 is 0 Å². The monoisotopic (exact) mass is 291 g/mol. The molecule has 2 atom stereocenters. The average Bonchev–Trinajstić information content (AvgIpc) is 3.22. The Morgan fingerprint density at radius 1 is 1.33 bits per heavy atom. The zero-order valence-electron chi connectivity index (χ0n) is 13.7. The molecule has 1 saturated carbocycles. The normalized spacial score (nSPS) is 19.3. The maximum Gasteiger partial charge on any atom is 0.119 e. The molecule has 21 heavy (non-hydrogen) atoms. The standard InChI is InChI=1S/C18H29NO2/c1-13(2)15-6-5-7-17(10-15)21-14(3)11-18(4,12-20)19-16-8-9-16/h5-7,10,13-14,16,19-20H,8-9,11-12H2,1-4H3. The van der Waals surface area contributed by atoms with Gasteiger partial charge in [0, 0.05) is 18.0 Å². The van der Waals surface area contributed by atoms with Crippen molar-refractivity contribution in [2.75, 3.05) is 6.61 Å². The van der Waals surface area contributed by atoms with Crippen molar-refractivity contribution in [2.45, 2.75) is 70.6 Å².